The van der Waals surface area contributed by atoms with Crippen molar-refractivity contribution in [1.29, 1.82) is 0 Å². The molecule has 2 N–H and O–H groups in total. The second-order valence-corrected chi connectivity index (χ2v) is 9.62. The summed E-state index contributed by atoms with van der Waals surface area (Å²) in [6, 6.07) is 0. The minimum absolute atomic E-state index is 0.263. The van der Waals surface area contributed by atoms with Crippen molar-refractivity contribution >= 4 is 11.8 Å². The van der Waals surface area contributed by atoms with E-state index >= 15 is 0 Å². The Bertz CT molecular complexity index is 308. The minimum Gasteiger partial charge on any atom is -0.329 e. The van der Waals surface area contributed by atoms with Gasteiger partial charge in [-0.25, -0.2) is 0 Å². The predicted octanol–water partition coefficient (Wildman–Crippen LogP) is 3.36. The monoisotopic (exact) mass is 284 g/mol. The van der Waals surface area contributed by atoms with Gasteiger partial charge in [-0.3, -0.25) is 4.90 Å². The highest BCUT2D eigenvalue weighted by Crippen LogP contribution is 2.47. The highest BCUT2D eigenvalue weighted by Gasteiger charge is 2.48. The predicted molar refractivity (Wildman–Crippen MR) is 86.7 cm³/mol. The van der Waals surface area contributed by atoms with Crippen molar-refractivity contribution in [3.05, 3.63) is 0 Å². The van der Waals surface area contributed by atoms with E-state index in [2.05, 4.69) is 51.3 Å². The van der Waals surface area contributed by atoms with Crippen molar-refractivity contribution in [2.24, 2.45) is 17.1 Å². The lowest BCUT2D eigenvalue weighted by molar-refractivity contribution is -0.0230. The fourth-order valence-electron chi connectivity index (χ4n) is 4.37. The standard InChI is InChI=1S/C16H32N2S/c1-12-8-15(4,5)6-7-16(12,11-17)18-9-13(2)19-14(3)10-18/h12-14H,6-11,17H2,1-5H3. The van der Waals surface area contributed by atoms with Crippen LogP contribution in [0.1, 0.15) is 53.9 Å². The largest absolute Gasteiger partial charge is 0.329 e. The van der Waals surface area contributed by atoms with Crippen LogP contribution in [0, 0.1) is 11.3 Å². The number of rotatable bonds is 2. The lowest BCUT2D eigenvalue weighted by Crippen LogP contribution is -2.64. The lowest BCUT2D eigenvalue weighted by atomic mass is 9.63. The minimum atomic E-state index is 0.263. The van der Waals surface area contributed by atoms with E-state index in [1.165, 1.54) is 32.4 Å². The van der Waals surface area contributed by atoms with Gasteiger partial charge in [-0.2, -0.15) is 11.8 Å². The van der Waals surface area contributed by atoms with Crippen LogP contribution >= 0.6 is 11.8 Å². The summed E-state index contributed by atoms with van der Waals surface area (Å²) in [4.78, 5) is 2.75. The van der Waals surface area contributed by atoms with Gasteiger partial charge in [0.05, 0.1) is 0 Å². The molecule has 4 unspecified atom stereocenters. The van der Waals surface area contributed by atoms with Gasteiger partial charge < -0.3 is 5.73 Å². The van der Waals surface area contributed by atoms with E-state index in [-0.39, 0.29) is 5.54 Å². The molecule has 2 rings (SSSR count). The first kappa shape index (κ1) is 15.7. The Morgan fingerprint density at radius 3 is 2.16 bits per heavy atom. The Balaban J connectivity index is 2.18. The van der Waals surface area contributed by atoms with Crippen molar-refractivity contribution in [2.75, 3.05) is 19.6 Å². The zero-order valence-electron chi connectivity index (χ0n) is 13.4. The first-order chi connectivity index (χ1) is 8.79. The maximum atomic E-state index is 6.29. The van der Waals surface area contributed by atoms with Gasteiger partial charge in [0.1, 0.15) is 0 Å². The molecule has 2 aliphatic rings. The Hall–Kier alpha value is 0.270. The van der Waals surface area contributed by atoms with Gasteiger partial charge in [0.2, 0.25) is 0 Å². The van der Waals surface area contributed by atoms with Crippen LogP contribution in [-0.4, -0.2) is 40.6 Å². The number of nitrogens with two attached hydrogens (primary N) is 1. The van der Waals surface area contributed by atoms with Crippen LogP contribution < -0.4 is 5.73 Å². The number of nitrogens with zero attached hydrogens (tertiary/aromatic N) is 1. The maximum absolute atomic E-state index is 6.29. The van der Waals surface area contributed by atoms with Gasteiger partial charge in [-0.1, -0.05) is 34.6 Å². The summed E-state index contributed by atoms with van der Waals surface area (Å²) in [5.74, 6) is 0.712. The summed E-state index contributed by atoms with van der Waals surface area (Å²) in [6.45, 7) is 15.3. The van der Waals surface area contributed by atoms with E-state index in [4.69, 9.17) is 5.73 Å². The summed E-state index contributed by atoms with van der Waals surface area (Å²) in [7, 11) is 0. The van der Waals surface area contributed by atoms with E-state index < -0.39 is 0 Å². The number of hydrogen-bond donors (Lipinski definition) is 1. The van der Waals surface area contributed by atoms with Crippen molar-refractivity contribution in [3.8, 4) is 0 Å². The molecule has 0 aromatic carbocycles. The SMILES string of the molecule is CC1CN(C2(CN)CCC(C)(C)CC2C)CC(C)S1. The molecular formula is C16H32N2S. The normalized spacial score (nSPS) is 44.2. The van der Waals surface area contributed by atoms with E-state index in [1.54, 1.807) is 0 Å². The third kappa shape index (κ3) is 3.14. The molecule has 1 heterocycles. The van der Waals surface area contributed by atoms with E-state index in [0.717, 1.165) is 17.0 Å². The molecule has 2 fully saturated rings. The molecule has 4 atom stereocenters. The molecule has 0 amide bonds. The van der Waals surface area contributed by atoms with Crippen LogP contribution in [0.2, 0.25) is 0 Å². The third-order valence-corrected chi connectivity index (χ3v) is 6.64. The lowest BCUT2D eigenvalue weighted by Gasteiger charge is -2.56. The maximum Gasteiger partial charge on any atom is 0.0358 e. The van der Waals surface area contributed by atoms with Crippen LogP contribution in [0.4, 0.5) is 0 Å². The highest BCUT2D eigenvalue weighted by molar-refractivity contribution is 8.00. The highest BCUT2D eigenvalue weighted by atomic mass is 32.2. The van der Waals surface area contributed by atoms with E-state index in [9.17, 15) is 0 Å². The molecule has 1 saturated heterocycles. The molecule has 112 valence electrons. The molecule has 0 radical (unpaired) electrons. The summed E-state index contributed by atoms with van der Waals surface area (Å²) < 4.78 is 0. The summed E-state index contributed by atoms with van der Waals surface area (Å²) >= 11 is 2.14. The van der Waals surface area contributed by atoms with Gasteiger partial charge >= 0.3 is 0 Å². The topological polar surface area (TPSA) is 29.3 Å². The zero-order chi connectivity index (χ0) is 14.3. The number of hydrogen-bond acceptors (Lipinski definition) is 3. The van der Waals surface area contributed by atoms with Gasteiger partial charge in [0.15, 0.2) is 0 Å². The Morgan fingerprint density at radius 1 is 1.11 bits per heavy atom. The molecule has 1 aliphatic carbocycles. The Labute approximate surface area is 123 Å². The average molecular weight is 285 g/mol. The second-order valence-electron chi connectivity index (χ2n) is 7.74. The fourth-order valence-corrected chi connectivity index (χ4v) is 5.69. The molecule has 1 saturated carbocycles. The van der Waals surface area contributed by atoms with Gasteiger partial charge in [0.25, 0.3) is 0 Å². The molecule has 0 bridgehead atoms. The van der Waals surface area contributed by atoms with Crippen LogP contribution in [0.3, 0.4) is 0 Å². The molecule has 19 heavy (non-hydrogen) atoms. The van der Waals surface area contributed by atoms with Crippen molar-refractivity contribution in [1.82, 2.24) is 4.90 Å². The molecular weight excluding hydrogens is 252 g/mol. The average Bonchev–Trinajstić information content (AvgIpc) is 2.27. The molecule has 0 aromatic rings. The van der Waals surface area contributed by atoms with Gasteiger partial charge in [-0.15, -0.1) is 0 Å². The molecule has 0 aromatic heterocycles. The summed E-state index contributed by atoms with van der Waals surface area (Å²) in [5.41, 5.74) is 7.05. The van der Waals surface area contributed by atoms with Crippen molar-refractivity contribution in [3.63, 3.8) is 0 Å². The van der Waals surface area contributed by atoms with E-state index in [0.29, 0.717) is 11.3 Å². The van der Waals surface area contributed by atoms with Crippen LogP contribution in [0.25, 0.3) is 0 Å². The van der Waals surface area contributed by atoms with E-state index in [1.807, 2.05) is 0 Å². The zero-order valence-corrected chi connectivity index (χ0v) is 14.2. The summed E-state index contributed by atoms with van der Waals surface area (Å²) in [5, 5.41) is 1.49. The Morgan fingerprint density at radius 2 is 1.68 bits per heavy atom. The Kier molecular flexibility index (Phi) is 4.59. The van der Waals surface area contributed by atoms with Gasteiger partial charge in [-0.05, 0) is 30.6 Å². The molecule has 2 nitrogen and oxygen atoms in total. The van der Waals surface area contributed by atoms with Crippen LogP contribution in [0.15, 0.2) is 0 Å². The van der Waals surface area contributed by atoms with Crippen molar-refractivity contribution in [2.45, 2.75) is 69.9 Å². The van der Waals surface area contributed by atoms with Crippen LogP contribution in [0.5, 0.6) is 0 Å². The fraction of sp³-hybridized carbons (Fsp3) is 1.00. The second kappa shape index (κ2) is 5.57. The van der Waals surface area contributed by atoms with Crippen molar-refractivity contribution < 1.29 is 0 Å². The van der Waals surface area contributed by atoms with Crippen LogP contribution in [-0.2, 0) is 0 Å². The smallest absolute Gasteiger partial charge is 0.0358 e. The first-order valence-electron chi connectivity index (χ1n) is 7.90. The molecule has 3 heteroatoms. The van der Waals surface area contributed by atoms with Gasteiger partial charge in [0, 0.05) is 35.7 Å². The molecule has 1 aliphatic heterocycles. The summed E-state index contributed by atoms with van der Waals surface area (Å²) in [6.07, 6.45) is 3.92. The quantitative estimate of drug-likeness (QED) is 0.843. The number of thioether (sulfide) groups is 1. The third-order valence-electron chi connectivity index (χ3n) is 5.41. The first-order valence-corrected chi connectivity index (χ1v) is 8.84. The molecule has 0 spiro atoms.